The first kappa shape index (κ1) is 12.7. The molecule has 1 fully saturated rings. The minimum absolute atomic E-state index is 0.613. The van der Waals surface area contributed by atoms with Crippen molar-refractivity contribution in [3.05, 3.63) is 10.4 Å². The summed E-state index contributed by atoms with van der Waals surface area (Å²) < 4.78 is 4.93. The van der Waals surface area contributed by atoms with E-state index in [1.54, 1.807) is 0 Å². The molecule has 0 aromatic rings. The van der Waals surface area contributed by atoms with E-state index in [1.165, 1.54) is 7.05 Å². The fraction of sp³-hybridized carbons (Fsp3) is 0.857. The second-order valence-corrected chi connectivity index (χ2v) is 3.24. The number of likely N-dealkylation sites (N-methyl/N-ethyl adjacent to an activating group) is 1. The van der Waals surface area contributed by atoms with Gasteiger partial charge in [-0.15, -0.1) is 0 Å². The van der Waals surface area contributed by atoms with Crippen LogP contribution in [0.1, 0.15) is 0 Å². The molecule has 0 aromatic carbocycles. The average Bonchev–Trinajstić information content (AvgIpc) is 2.54. The Morgan fingerprint density at radius 1 is 1.69 bits per heavy atom. The van der Waals surface area contributed by atoms with Gasteiger partial charge in [0.15, 0.2) is 0 Å². The quantitative estimate of drug-likeness (QED) is 0.249. The van der Waals surface area contributed by atoms with Crippen LogP contribution < -0.4 is 5.32 Å². The smallest absolute Gasteiger partial charge is 0.261 e. The second-order valence-electron chi connectivity index (χ2n) is 3.24. The number of amides is 1. The van der Waals surface area contributed by atoms with Gasteiger partial charge in [-0.05, 0) is 10.6 Å². The number of aliphatic hydroxyl groups excluding tert-OH is 3. The molecule has 0 spiro atoms. The first-order valence-corrected chi connectivity index (χ1v) is 4.46. The molecule has 1 aliphatic heterocycles. The summed E-state index contributed by atoms with van der Waals surface area (Å²) in [7, 11) is 1.26. The van der Waals surface area contributed by atoms with Gasteiger partial charge in [0.2, 0.25) is 0 Å². The SMILES string of the molecule is CNC(=O)[C@]1(N=[N+]=[N-])O[C@H](CO)[C@@H](O)[C@@H]1O. The van der Waals surface area contributed by atoms with Crippen molar-refractivity contribution in [3.8, 4) is 0 Å². The molecule has 90 valence electrons. The Kier molecular flexibility index (Phi) is 3.68. The molecule has 0 radical (unpaired) electrons. The van der Waals surface area contributed by atoms with Crippen molar-refractivity contribution in [1.29, 1.82) is 0 Å². The van der Waals surface area contributed by atoms with Crippen molar-refractivity contribution < 1.29 is 24.9 Å². The Morgan fingerprint density at radius 2 is 2.31 bits per heavy atom. The van der Waals surface area contributed by atoms with Gasteiger partial charge in [0.05, 0.1) is 6.61 Å². The molecule has 16 heavy (non-hydrogen) atoms. The standard InChI is InChI=1S/C7H12N4O5/c1-9-6(15)7(10-11-8)5(14)4(13)3(2-12)16-7/h3-5,12-14H,2H2,1H3,(H,9,15)/t3-,4-,5+,7-/m1/s1. The van der Waals surface area contributed by atoms with Crippen molar-refractivity contribution in [3.63, 3.8) is 0 Å². The lowest BCUT2D eigenvalue weighted by molar-refractivity contribution is -0.154. The van der Waals surface area contributed by atoms with Crippen molar-refractivity contribution in [2.24, 2.45) is 5.11 Å². The van der Waals surface area contributed by atoms with E-state index in [4.69, 9.17) is 15.4 Å². The minimum atomic E-state index is -2.24. The number of ether oxygens (including phenoxy) is 1. The highest BCUT2D eigenvalue weighted by Crippen LogP contribution is 2.33. The highest BCUT2D eigenvalue weighted by molar-refractivity contribution is 5.86. The third-order valence-corrected chi connectivity index (χ3v) is 2.36. The van der Waals surface area contributed by atoms with Gasteiger partial charge in [0.25, 0.3) is 11.6 Å². The molecule has 1 saturated heterocycles. The lowest BCUT2D eigenvalue weighted by Gasteiger charge is -2.24. The predicted octanol–water partition coefficient (Wildman–Crippen LogP) is -2.15. The number of rotatable bonds is 3. The Bertz CT molecular complexity index is 331. The first-order chi connectivity index (χ1) is 7.53. The van der Waals surface area contributed by atoms with E-state index in [0.717, 1.165) is 0 Å². The maximum atomic E-state index is 11.5. The maximum Gasteiger partial charge on any atom is 0.261 e. The largest absolute Gasteiger partial charge is 0.394 e. The monoisotopic (exact) mass is 232 g/mol. The summed E-state index contributed by atoms with van der Waals surface area (Å²) in [6.45, 7) is -0.613. The van der Waals surface area contributed by atoms with Crippen LogP contribution in [-0.2, 0) is 9.53 Å². The van der Waals surface area contributed by atoms with Crippen molar-refractivity contribution >= 4 is 5.91 Å². The summed E-state index contributed by atoms with van der Waals surface area (Å²) in [5.41, 5.74) is 6.10. The van der Waals surface area contributed by atoms with Gasteiger partial charge in [-0.25, -0.2) is 0 Å². The zero-order valence-electron chi connectivity index (χ0n) is 8.44. The zero-order valence-corrected chi connectivity index (χ0v) is 8.44. The number of carbonyl (C=O) groups excluding carboxylic acids is 1. The molecule has 9 heteroatoms. The number of aliphatic hydroxyl groups is 3. The van der Waals surface area contributed by atoms with Crippen LogP contribution in [0.3, 0.4) is 0 Å². The summed E-state index contributed by atoms with van der Waals surface area (Å²) in [5.74, 6) is -0.896. The Hall–Kier alpha value is -1.38. The first-order valence-electron chi connectivity index (χ1n) is 4.46. The zero-order chi connectivity index (χ0) is 12.3. The van der Waals surface area contributed by atoms with Gasteiger partial charge in [-0.1, -0.05) is 0 Å². The Morgan fingerprint density at radius 3 is 2.69 bits per heavy atom. The molecule has 1 heterocycles. The van der Waals surface area contributed by atoms with Crippen molar-refractivity contribution in [2.75, 3.05) is 13.7 Å². The summed E-state index contributed by atoms with van der Waals surface area (Å²) in [6, 6.07) is 0. The van der Waals surface area contributed by atoms with Gasteiger partial charge in [-0.2, -0.15) is 0 Å². The molecule has 0 unspecified atom stereocenters. The van der Waals surface area contributed by atoms with Crippen LogP contribution in [0.4, 0.5) is 0 Å². The molecule has 9 nitrogen and oxygen atoms in total. The van der Waals surface area contributed by atoms with E-state index in [1.807, 2.05) is 0 Å². The molecule has 0 aromatic heterocycles. The highest BCUT2D eigenvalue weighted by atomic mass is 16.6. The van der Waals surface area contributed by atoms with Gasteiger partial charge < -0.3 is 25.4 Å². The Balaban J connectivity index is 3.13. The van der Waals surface area contributed by atoms with Crippen molar-refractivity contribution in [2.45, 2.75) is 24.0 Å². The summed E-state index contributed by atoms with van der Waals surface area (Å²) >= 11 is 0. The minimum Gasteiger partial charge on any atom is -0.394 e. The average molecular weight is 232 g/mol. The number of carbonyl (C=O) groups is 1. The topological polar surface area (TPSA) is 148 Å². The molecule has 1 amide bonds. The third kappa shape index (κ3) is 1.70. The van der Waals surface area contributed by atoms with E-state index in [0.29, 0.717) is 0 Å². The fourth-order valence-electron chi connectivity index (χ4n) is 1.51. The number of azide groups is 1. The lowest BCUT2D eigenvalue weighted by atomic mass is 10.0. The molecular formula is C7H12N4O5. The molecule has 0 aliphatic carbocycles. The molecule has 4 N–H and O–H groups in total. The second kappa shape index (κ2) is 4.64. The molecule has 0 saturated carbocycles. The molecule has 4 atom stereocenters. The highest BCUT2D eigenvalue weighted by Gasteiger charge is 2.58. The van der Waals surface area contributed by atoms with Crippen LogP contribution >= 0.6 is 0 Å². The van der Waals surface area contributed by atoms with E-state index >= 15 is 0 Å². The van der Waals surface area contributed by atoms with Crippen LogP contribution in [0.5, 0.6) is 0 Å². The van der Waals surface area contributed by atoms with Gasteiger partial charge >= 0.3 is 0 Å². The van der Waals surface area contributed by atoms with Crippen LogP contribution in [0.15, 0.2) is 5.11 Å². The van der Waals surface area contributed by atoms with E-state index in [9.17, 15) is 15.0 Å². The van der Waals surface area contributed by atoms with E-state index in [-0.39, 0.29) is 0 Å². The number of nitrogens with zero attached hydrogens (tertiary/aromatic N) is 3. The summed E-state index contributed by atoms with van der Waals surface area (Å²) in [6.07, 6.45) is -4.42. The summed E-state index contributed by atoms with van der Waals surface area (Å²) in [4.78, 5) is 13.9. The predicted molar refractivity (Wildman–Crippen MR) is 49.9 cm³/mol. The van der Waals surface area contributed by atoms with E-state index < -0.39 is 36.6 Å². The van der Waals surface area contributed by atoms with Gasteiger partial charge in [-0.3, -0.25) is 4.79 Å². The summed E-state index contributed by atoms with van der Waals surface area (Å²) in [5, 5.41) is 33.2. The lowest BCUT2D eigenvalue weighted by Crippen LogP contribution is -2.52. The van der Waals surface area contributed by atoms with Gasteiger partial charge in [0, 0.05) is 12.0 Å². The molecular weight excluding hydrogens is 220 g/mol. The van der Waals surface area contributed by atoms with Crippen LogP contribution in [0.25, 0.3) is 10.4 Å². The van der Waals surface area contributed by atoms with Crippen molar-refractivity contribution in [1.82, 2.24) is 5.32 Å². The third-order valence-electron chi connectivity index (χ3n) is 2.36. The van der Waals surface area contributed by atoms with Crippen LogP contribution in [0.2, 0.25) is 0 Å². The maximum absolute atomic E-state index is 11.5. The number of hydrogen-bond acceptors (Lipinski definition) is 6. The van der Waals surface area contributed by atoms with Gasteiger partial charge in [0.1, 0.15) is 18.3 Å². The molecule has 1 aliphatic rings. The molecule has 1 rings (SSSR count). The normalized spacial score (nSPS) is 37.9. The number of nitrogens with one attached hydrogen (secondary N) is 1. The fourth-order valence-corrected chi connectivity index (χ4v) is 1.51. The molecule has 0 bridgehead atoms. The van der Waals surface area contributed by atoms with Crippen LogP contribution in [0, 0.1) is 0 Å². The Labute approximate surface area is 90.3 Å². The van der Waals surface area contributed by atoms with Crippen LogP contribution in [-0.4, -0.2) is 58.9 Å². The number of hydrogen-bond donors (Lipinski definition) is 4. The van der Waals surface area contributed by atoms with E-state index in [2.05, 4.69) is 15.3 Å².